The Hall–Kier alpha value is -1.58. The fourth-order valence-electron chi connectivity index (χ4n) is 2.64. The van der Waals surface area contributed by atoms with Crippen LogP contribution in [0, 0.1) is 0 Å². The number of anilines is 1. The van der Waals surface area contributed by atoms with Crippen LogP contribution in [0.15, 0.2) is 18.5 Å². The largest absolute Gasteiger partial charge is 0.381 e. The molecule has 1 aliphatic rings. The molecule has 1 saturated carbocycles. The maximum atomic E-state index is 11.9. The van der Waals surface area contributed by atoms with E-state index >= 15 is 0 Å². The van der Waals surface area contributed by atoms with Crippen molar-refractivity contribution in [2.24, 2.45) is 0 Å². The SMILES string of the molecule is CCCNC(=O)c1cncc(NC2CCCCCC2)c1. The molecule has 1 aliphatic carbocycles. The number of aromatic nitrogens is 1. The van der Waals surface area contributed by atoms with Crippen molar-refractivity contribution in [3.05, 3.63) is 24.0 Å². The highest BCUT2D eigenvalue weighted by atomic mass is 16.1. The third-order valence-corrected chi connectivity index (χ3v) is 3.76. The minimum atomic E-state index is -0.0381. The van der Waals surface area contributed by atoms with Gasteiger partial charge in [-0.15, -0.1) is 0 Å². The molecule has 4 heteroatoms. The monoisotopic (exact) mass is 275 g/mol. The number of hydrogen-bond acceptors (Lipinski definition) is 3. The van der Waals surface area contributed by atoms with Crippen LogP contribution < -0.4 is 10.6 Å². The summed E-state index contributed by atoms with van der Waals surface area (Å²) in [6.45, 7) is 2.75. The van der Waals surface area contributed by atoms with Gasteiger partial charge in [-0.1, -0.05) is 32.6 Å². The van der Waals surface area contributed by atoms with E-state index in [1.807, 2.05) is 19.2 Å². The van der Waals surface area contributed by atoms with Crippen LogP contribution in [-0.4, -0.2) is 23.5 Å². The van der Waals surface area contributed by atoms with Gasteiger partial charge in [0.2, 0.25) is 0 Å². The summed E-state index contributed by atoms with van der Waals surface area (Å²) in [6.07, 6.45) is 12.1. The highest BCUT2D eigenvalue weighted by Gasteiger charge is 2.13. The second-order valence-corrected chi connectivity index (χ2v) is 5.55. The summed E-state index contributed by atoms with van der Waals surface area (Å²) in [4.78, 5) is 16.1. The average Bonchev–Trinajstić information content (AvgIpc) is 2.73. The Bertz CT molecular complexity index is 425. The highest BCUT2D eigenvalue weighted by molar-refractivity contribution is 5.94. The first-order valence-corrected chi connectivity index (χ1v) is 7.79. The first kappa shape index (κ1) is 14.8. The fraction of sp³-hybridized carbons (Fsp3) is 0.625. The first-order valence-electron chi connectivity index (χ1n) is 7.79. The van der Waals surface area contributed by atoms with Crippen molar-refractivity contribution >= 4 is 11.6 Å². The normalized spacial score (nSPS) is 16.4. The van der Waals surface area contributed by atoms with Crippen LogP contribution in [0.25, 0.3) is 0 Å². The number of pyridine rings is 1. The summed E-state index contributed by atoms with van der Waals surface area (Å²) in [5.74, 6) is -0.0381. The molecule has 0 unspecified atom stereocenters. The Morgan fingerprint density at radius 1 is 1.25 bits per heavy atom. The molecule has 0 radical (unpaired) electrons. The molecule has 0 aromatic carbocycles. The molecule has 110 valence electrons. The van der Waals surface area contributed by atoms with Crippen molar-refractivity contribution in [1.29, 1.82) is 0 Å². The number of amides is 1. The van der Waals surface area contributed by atoms with E-state index < -0.39 is 0 Å². The molecule has 1 aromatic rings. The van der Waals surface area contributed by atoms with Crippen LogP contribution in [0.1, 0.15) is 62.2 Å². The average molecular weight is 275 g/mol. The van der Waals surface area contributed by atoms with Crippen molar-refractivity contribution in [1.82, 2.24) is 10.3 Å². The molecule has 0 aliphatic heterocycles. The van der Waals surface area contributed by atoms with Crippen molar-refractivity contribution in [2.45, 2.75) is 57.9 Å². The summed E-state index contributed by atoms with van der Waals surface area (Å²) in [6, 6.07) is 2.43. The van der Waals surface area contributed by atoms with Crippen LogP contribution >= 0.6 is 0 Å². The predicted octanol–water partition coefficient (Wildman–Crippen LogP) is 3.36. The Morgan fingerprint density at radius 3 is 2.70 bits per heavy atom. The topological polar surface area (TPSA) is 54.0 Å². The second-order valence-electron chi connectivity index (χ2n) is 5.55. The van der Waals surface area contributed by atoms with Gasteiger partial charge in [0.15, 0.2) is 0 Å². The van der Waals surface area contributed by atoms with Gasteiger partial charge in [-0.25, -0.2) is 0 Å². The molecular weight excluding hydrogens is 250 g/mol. The predicted molar refractivity (Wildman–Crippen MR) is 82.0 cm³/mol. The second kappa shape index (κ2) is 7.88. The van der Waals surface area contributed by atoms with Gasteiger partial charge >= 0.3 is 0 Å². The van der Waals surface area contributed by atoms with E-state index in [0.29, 0.717) is 18.2 Å². The lowest BCUT2D eigenvalue weighted by Gasteiger charge is -2.17. The molecule has 1 heterocycles. The van der Waals surface area contributed by atoms with Crippen molar-refractivity contribution in [3.8, 4) is 0 Å². The van der Waals surface area contributed by atoms with E-state index in [2.05, 4.69) is 15.6 Å². The van der Waals surface area contributed by atoms with Gasteiger partial charge in [0.25, 0.3) is 5.91 Å². The molecule has 20 heavy (non-hydrogen) atoms. The lowest BCUT2D eigenvalue weighted by Crippen LogP contribution is -2.24. The third-order valence-electron chi connectivity index (χ3n) is 3.76. The smallest absolute Gasteiger partial charge is 0.252 e. The van der Waals surface area contributed by atoms with Crippen LogP contribution in [0.4, 0.5) is 5.69 Å². The van der Waals surface area contributed by atoms with E-state index in [-0.39, 0.29) is 5.91 Å². The summed E-state index contributed by atoms with van der Waals surface area (Å²) >= 11 is 0. The van der Waals surface area contributed by atoms with Crippen molar-refractivity contribution < 1.29 is 4.79 Å². The van der Waals surface area contributed by atoms with Gasteiger partial charge < -0.3 is 10.6 Å². The van der Waals surface area contributed by atoms with E-state index in [4.69, 9.17) is 0 Å². The molecule has 0 bridgehead atoms. The molecule has 0 spiro atoms. The summed E-state index contributed by atoms with van der Waals surface area (Å²) < 4.78 is 0. The first-order chi connectivity index (χ1) is 9.79. The maximum Gasteiger partial charge on any atom is 0.252 e. The zero-order chi connectivity index (χ0) is 14.2. The van der Waals surface area contributed by atoms with Gasteiger partial charge in [-0.3, -0.25) is 9.78 Å². The highest BCUT2D eigenvalue weighted by Crippen LogP contribution is 2.21. The number of nitrogens with zero attached hydrogens (tertiary/aromatic N) is 1. The minimum absolute atomic E-state index is 0.0381. The molecule has 0 saturated heterocycles. The van der Waals surface area contributed by atoms with Gasteiger partial charge in [-0.2, -0.15) is 0 Å². The minimum Gasteiger partial charge on any atom is -0.381 e. The lowest BCUT2D eigenvalue weighted by molar-refractivity contribution is 0.0953. The Kier molecular flexibility index (Phi) is 5.84. The van der Waals surface area contributed by atoms with E-state index in [1.165, 1.54) is 38.5 Å². The van der Waals surface area contributed by atoms with Crippen LogP contribution in [0.3, 0.4) is 0 Å². The van der Waals surface area contributed by atoms with E-state index in [1.54, 1.807) is 6.20 Å². The molecule has 2 rings (SSSR count). The molecule has 4 nitrogen and oxygen atoms in total. The van der Waals surface area contributed by atoms with Crippen LogP contribution in [-0.2, 0) is 0 Å². The van der Waals surface area contributed by atoms with E-state index in [0.717, 1.165) is 12.1 Å². The van der Waals surface area contributed by atoms with Gasteiger partial charge in [0.05, 0.1) is 11.3 Å². The molecule has 1 fully saturated rings. The Labute approximate surface area is 121 Å². The molecule has 1 aromatic heterocycles. The Morgan fingerprint density at radius 2 is 2.00 bits per heavy atom. The van der Waals surface area contributed by atoms with E-state index in [9.17, 15) is 4.79 Å². The van der Waals surface area contributed by atoms with Crippen LogP contribution in [0.5, 0.6) is 0 Å². The van der Waals surface area contributed by atoms with Crippen molar-refractivity contribution in [3.63, 3.8) is 0 Å². The number of carbonyl (C=O) groups is 1. The molecule has 0 atom stereocenters. The summed E-state index contributed by atoms with van der Waals surface area (Å²) in [5.41, 5.74) is 1.60. The zero-order valence-corrected chi connectivity index (χ0v) is 12.3. The number of nitrogens with one attached hydrogen (secondary N) is 2. The van der Waals surface area contributed by atoms with Gasteiger partial charge in [0.1, 0.15) is 0 Å². The van der Waals surface area contributed by atoms with Crippen molar-refractivity contribution in [2.75, 3.05) is 11.9 Å². The third kappa shape index (κ3) is 4.51. The fourth-order valence-corrected chi connectivity index (χ4v) is 2.64. The molecule has 1 amide bonds. The molecular formula is C16H25N3O. The maximum absolute atomic E-state index is 11.9. The number of hydrogen-bond donors (Lipinski definition) is 2. The van der Waals surface area contributed by atoms with Gasteiger partial charge in [0, 0.05) is 25.0 Å². The summed E-state index contributed by atoms with van der Waals surface area (Å²) in [5, 5.41) is 6.41. The zero-order valence-electron chi connectivity index (χ0n) is 12.3. The standard InChI is InChI=1S/C16H25N3O/c1-2-9-18-16(20)13-10-15(12-17-11-13)19-14-7-5-3-4-6-8-14/h10-12,14,19H,2-9H2,1H3,(H,18,20). The Balaban J connectivity index is 1.96. The number of carbonyl (C=O) groups excluding carboxylic acids is 1. The molecule has 2 N–H and O–H groups in total. The quantitative estimate of drug-likeness (QED) is 0.810. The lowest BCUT2D eigenvalue weighted by atomic mass is 10.1. The number of rotatable bonds is 5. The van der Waals surface area contributed by atoms with Gasteiger partial charge in [-0.05, 0) is 25.3 Å². The van der Waals surface area contributed by atoms with Crippen LogP contribution in [0.2, 0.25) is 0 Å². The summed E-state index contributed by atoms with van der Waals surface area (Å²) in [7, 11) is 0.